The van der Waals surface area contributed by atoms with Gasteiger partial charge in [0.1, 0.15) is 5.60 Å². The van der Waals surface area contributed by atoms with Crippen molar-refractivity contribution in [2.24, 2.45) is 0 Å². The lowest BCUT2D eigenvalue weighted by molar-refractivity contribution is -0.125. The van der Waals surface area contributed by atoms with Gasteiger partial charge < -0.3 is 10.0 Å². The first-order valence-electron chi connectivity index (χ1n) is 6.40. The zero-order valence-electron chi connectivity index (χ0n) is 10.7. The van der Waals surface area contributed by atoms with Gasteiger partial charge in [-0.2, -0.15) is 0 Å². The van der Waals surface area contributed by atoms with Crippen LogP contribution in [-0.4, -0.2) is 46.0 Å². The number of amides is 3. The lowest BCUT2D eigenvalue weighted by atomic mass is 9.86. The van der Waals surface area contributed by atoms with Gasteiger partial charge in [-0.25, -0.2) is 4.79 Å². The van der Waals surface area contributed by atoms with Crippen LogP contribution >= 0.6 is 0 Å². The number of hydrogen-bond acceptors (Lipinski definition) is 3. The van der Waals surface area contributed by atoms with E-state index in [1.165, 1.54) is 11.8 Å². The SMILES string of the molecule is CC(=O)N1C[C@@H]2N(CC[C@@]2(O)c2ccccc2)C1=O. The number of benzene rings is 1. The Morgan fingerprint density at radius 1 is 1.37 bits per heavy atom. The average Bonchev–Trinajstić information content (AvgIpc) is 2.91. The number of imide groups is 1. The normalized spacial score (nSPS) is 29.8. The Bertz CT molecular complexity index is 531. The number of rotatable bonds is 1. The lowest BCUT2D eigenvalue weighted by Crippen LogP contribution is -2.41. The second kappa shape index (κ2) is 4.06. The predicted molar refractivity (Wildman–Crippen MR) is 68.2 cm³/mol. The molecule has 2 saturated heterocycles. The highest BCUT2D eigenvalue weighted by Crippen LogP contribution is 2.41. The third-order valence-electron chi connectivity index (χ3n) is 4.15. The molecule has 0 bridgehead atoms. The van der Waals surface area contributed by atoms with E-state index in [2.05, 4.69) is 0 Å². The van der Waals surface area contributed by atoms with E-state index in [9.17, 15) is 14.7 Å². The first kappa shape index (κ1) is 12.2. The minimum atomic E-state index is -1.05. The Balaban J connectivity index is 1.95. The van der Waals surface area contributed by atoms with Gasteiger partial charge in [0.25, 0.3) is 0 Å². The van der Waals surface area contributed by atoms with E-state index in [0.717, 1.165) is 5.56 Å². The van der Waals surface area contributed by atoms with Crippen LogP contribution in [0.15, 0.2) is 30.3 Å². The van der Waals surface area contributed by atoms with E-state index in [1.54, 1.807) is 4.90 Å². The molecule has 100 valence electrons. The summed E-state index contributed by atoms with van der Waals surface area (Å²) in [6.07, 6.45) is 0.513. The van der Waals surface area contributed by atoms with Gasteiger partial charge in [-0.05, 0) is 5.56 Å². The molecule has 0 unspecified atom stereocenters. The molecule has 5 heteroatoms. The van der Waals surface area contributed by atoms with Gasteiger partial charge in [0.05, 0.1) is 12.6 Å². The molecule has 1 aromatic carbocycles. The van der Waals surface area contributed by atoms with E-state index in [-0.39, 0.29) is 24.5 Å². The summed E-state index contributed by atoms with van der Waals surface area (Å²) in [5.41, 5.74) is -0.248. The van der Waals surface area contributed by atoms with Crippen LogP contribution in [0.2, 0.25) is 0 Å². The van der Waals surface area contributed by atoms with Crippen LogP contribution in [0.5, 0.6) is 0 Å². The average molecular weight is 260 g/mol. The molecular formula is C14H16N2O3. The Hall–Kier alpha value is -1.88. The van der Waals surface area contributed by atoms with Gasteiger partial charge in [0.2, 0.25) is 5.91 Å². The van der Waals surface area contributed by atoms with Gasteiger partial charge in [0.15, 0.2) is 0 Å². The molecule has 1 N–H and O–H groups in total. The fourth-order valence-corrected chi connectivity index (χ4v) is 3.08. The maximum atomic E-state index is 12.1. The standard InChI is InChI=1S/C14H16N2O3/c1-10(17)16-9-12-14(19,7-8-15(12)13(16)18)11-5-3-2-4-6-11/h2-6,12,19H,7-9H2,1H3/t12-,14+/m0/s1. The minimum absolute atomic E-state index is 0.263. The summed E-state index contributed by atoms with van der Waals surface area (Å²) in [4.78, 5) is 26.3. The number of nitrogens with zero attached hydrogens (tertiary/aromatic N) is 2. The van der Waals surface area contributed by atoms with Crippen LogP contribution < -0.4 is 0 Å². The topological polar surface area (TPSA) is 60.9 Å². The summed E-state index contributed by atoms with van der Waals surface area (Å²) >= 11 is 0. The summed E-state index contributed by atoms with van der Waals surface area (Å²) in [6, 6.07) is 8.73. The van der Waals surface area contributed by atoms with Crippen LogP contribution in [0, 0.1) is 0 Å². The third kappa shape index (κ3) is 1.65. The van der Waals surface area contributed by atoms with E-state index in [1.807, 2.05) is 30.3 Å². The zero-order valence-corrected chi connectivity index (χ0v) is 10.7. The van der Waals surface area contributed by atoms with Crippen molar-refractivity contribution in [2.75, 3.05) is 13.1 Å². The smallest absolute Gasteiger partial charge is 0.327 e. The third-order valence-corrected chi connectivity index (χ3v) is 4.15. The number of urea groups is 1. The van der Waals surface area contributed by atoms with Crippen LogP contribution in [0.1, 0.15) is 18.9 Å². The van der Waals surface area contributed by atoms with Crippen molar-refractivity contribution in [2.45, 2.75) is 25.0 Å². The molecular weight excluding hydrogens is 244 g/mol. The monoisotopic (exact) mass is 260 g/mol. The van der Waals surface area contributed by atoms with Crippen molar-refractivity contribution in [3.05, 3.63) is 35.9 Å². The lowest BCUT2D eigenvalue weighted by Gasteiger charge is -2.29. The summed E-state index contributed by atoms with van der Waals surface area (Å²) in [5.74, 6) is -0.269. The summed E-state index contributed by atoms with van der Waals surface area (Å²) in [7, 11) is 0. The highest BCUT2D eigenvalue weighted by molar-refractivity contribution is 5.95. The van der Waals surface area contributed by atoms with Crippen molar-refractivity contribution in [3.63, 3.8) is 0 Å². The number of carbonyl (C=O) groups excluding carboxylic acids is 2. The van der Waals surface area contributed by atoms with Gasteiger partial charge in [0, 0.05) is 19.9 Å². The molecule has 2 aliphatic rings. The van der Waals surface area contributed by atoms with E-state index in [4.69, 9.17) is 0 Å². The Kier molecular flexibility index (Phi) is 2.60. The molecule has 0 radical (unpaired) electrons. The van der Waals surface area contributed by atoms with Crippen molar-refractivity contribution in [3.8, 4) is 0 Å². The second-order valence-electron chi connectivity index (χ2n) is 5.16. The molecule has 19 heavy (non-hydrogen) atoms. The molecule has 0 saturated carbocycles. The Labute approximate surface area is 111 Å². The Morgan fingerprint density at radius 2 is 2.05 bits per heavy atom. The zero-order chi connectivity index (χ0) is 13.6. The molecule has 5 nitrogen and oxygen atoms in total. The van der Waals surface area contributed by atoms with Crippen molar-refractivity contribution in [1.82, 2.24) is 9.80 Å². The van der Waals surface area contributed by atoms with Crippen LogP contribution in [-0.2, 0) is 10.4 Å². The van der Waals surface area contributed by atoms with E-state index < -0.39 is 5.60 Å². The first-order chi connectivity index (χ1) is 9.04. The second-order valence-corrected chi connectivity index (χ2v) is 5.16. The molecule has 0 aromatic heterocycles. The number of aliphatic hydroxyl groups is 1. The minimum Gasteiger partial charge on any atom is -0.383 e. The maximum Gasteiger partial charge on any atom is 0.327 e. The van der Waals surface area contributed by atoms with Gasteiger partial charge in [-0.1, -0.05) is 30.3 Å². The van der Waals surface area contributed by atoms with Gasteiger partial charge >= 0.3 is 6.03 Å². The Morgan fingerprint density at radius 3 is 2.68 bits per heavy atom. The molecule has 2 fully saturated rings. The highest BCUT2D eigenvalue weighted by Gasteiger charge is 2.55. The van der Waals surface area contributed by atoms with Crippen molar-refractivity contribution < 1.29 is 14.7 Å². The molecule has 2 heterocycles. The van der Waals surface area contributed by atoms with Gasteiger partial charge in [-0.15, -0.1) is 0 Å². The fourth-order valence-electron chi connectivity index (χ4n) is 3.08. The molecule has 2 aliphatic heterocycles. The fraction of sp³-hybridized carbons (Fsp3) is 0.429. The predicted octanol–water partition coefficient (Wildman–Crippen LogP) is 0.931. The highest BCUT2D eigenvalue weighted by atomic mass is 16.3. The number of hydrogen-bond donors (Lipinski definition) is 1. The molecule has 3 amide bonds. The largest absolute Gasteiger partial charge is 0.383 e. The van der Waals surface area contributed by atoms with Crippen LogP contribution in [0.3, 0.4) is 0 Å². The first-order valence-corrected chi connectivity index (χ1v) is 6.40. The maximum absolute atomic E-state index is 12.1. The van der Waals surface area contributed by atoms with Gasteiger partial charge in [-0.3, -0.25) is 9.69 Å². The van der Waals surface area contributed by atoms with E-state index >= 15 is 0 Å². The molecule has 2 atom stereocenters. The molecule has 1 aromatic rings. The van der Waals surface area contributed by atoms with Crippen LogP contribution in [0.25, 0.3) is 0 Å². The molecule has 3 rings (SSSR count). The van der Waals surface area contributed by atoms with Crippen molar-refractivity contribution >= 4 is 11.9 Å². The summed E-state index contributed by atoms with van der Waals surface area (Å²) in [6.45, 7) is 2.12. The van der Waals surface area contributed by atoms with Crippen molar-refractivity contribution in [1.29, 1.82) is 0 Å². The van der Waals surface area contributed by atoms with Crippen LogP contribution in [0.4, 0.5) is 4.79 Å². The summed E-state index contributed by atoms with van der Waals surface area (Å²) < 4.78 is 0. The summed E-state index contributed by atoms with van der Waals surface area (Å²) in [5, 5.41) is 10.9. The number of fused-ring (bicyclic) bond motifs is 1. The van der Waals surface area contributed by atoms with E-state index in [0.29, 0.717) is 13.0 Å². The number of carbonyl (C=O) groups is 2. The molecule has 0 spiro atoms. The quantitative estimate of drug-likeness (QED) is 0.817. The molecule has 0 aliphatic carbocycles.